The van der Waals surface area contributed by atoms with E-state index >= 15 is 0 Å². The summed E-state index contributed by atoms with van der Waals surface area (Å²) in [6, 6.07) is 3.91. The van der Waals surface area contributed by atoms with Crippen LogP contribution in [0.4, 0.5) is 5.69 Å². The van der Waals surface area contributed by atoms with Crippen LogP contribution in [0.25, 0.3) is 0 Å². The smallest absolute Gasteiger partial charge is 0.0826 e. The maximum atomic E-state index is 6.09. The highest BCUT2D eigenvalue weighted by atomic mass is 35.5. The lowest BCUT2D eigenvalue weighted by Gasteiger charge is -2.09. The van der Waals surface area contributed by atoms with Gasteiger partial charge in [-0.2, -0.15) is 0 Å². The summed E-state index contributed by atoms with van der Waals surface area (Å²) in [5, 5.41) is 7.71. The molecule has 1 aromatic carbocycles. The molecule has 0 radical (unpaired) electrons. The molecule has 2 rings (SSSR count). The number of hydrogen-bond acceptors (Lipinski definition) is 2. The van der Waals surface area contributed by atoms with Crippen LogP contribution < -0.4 is 10.6 Å². The summed E-state index contributed by atoms with van der Waals surface area (Å²) in [5.41, 5.74) is 2.26. The van der Waals surface area contributed by atoms with E-state index in [0.29, 0.717) is 16.0 Å². The van der Waals surface area contributed by atoms with E-state index in [-0.39, 0.29) is 0 Å². The lowest BCUT2D eigenvalue weighted by molar-refractivity contribution is 0.674. The maximum absolute atomic E-state index is 6.09. The van der Waals surface area contributed by atoms with Crippen molar-refractivity contribution >= 4 is 28.9 Å². The predicted molar refractivity (Wildman–Crippen MR) is 61.6 cm³/mol. The van der Waals surface area contributed by atoms with E-state index in [4.69, 9.17) is 23.2 Å². The van der Waals surface area contributed by atoms with E-state index in [2.05, 4.69) is 10.6 Å². The van der Waals surface area contributed by atoms with Gasteiger partial charge >= 0.3 is 0 Å². The number of benzene rings is 1. The third kappa shape index (κ3) is 1.58. The summed E-state index contributed by atoms with van der Waals surface area (Å²) in [6.07, 6.45) is 0. The van der Waals surface area contributed by atoms with Crippen molar-refractivity contribution in [2.45, 2.75) is 5.92 Å². The van der Waals surface area contributed by atoms with E-state index in [1.54, 1.807) is 0 Å². The predicted octanol–water partition coefficient (Wildman–Crippen LogP) is 2.72. The molecule has 1 aromatic rings. The van der Waals surface area contributed by atoms with Gasteiger partial charge in [-0.25, -0.2) is 0 Å². The van der Waals surface area contributed by atoms with E-state index in [0.717, 1.165) is 18.8 Å². The van der Waals surface area contributed by atoms with Crippen molar-refractivity contribution in [1.82, 2.24) is 5.32 Å². The fourth-order valence-electron chi connectivity index (χ4n) is 1.85. The lowest BCUT2D eigenvalue weighted by atomic mass is 10.0. The van der Waals surface area contributed by atoms with Crippen LogP contribution in [-0.2, 0) is 0 Å². The molecule has 1 atom stereocenters. The fourth-order valence-corrected chi connectivity index (χ4v) is 2.25. The third-order valence-electron chi connectivity index (χ3n) is 2.54. The Hall–Kier alpha value is -0.440. The molecule has 0 saturated heterocycles. The van der Waals surface area contributed by atoms with Gasteiger partial charge < -0.3 is 10.6 Å². The molecule has 76 valence electrons. The van der Waals surface area contributed by atoms with Crippen molar-refractivity contribution in [3.63, 3.8) is 0 Å². The van der Waals surface area contributed by atoms with Crippen LogP contribution in [0.2, 0.25) is 10.0 Å². The Morgan fingerprint density at radius 1 is 1.50 bits per heavy atom. The van der Waals surface area contributed by atoms with Crippen LogP contribution in [0.3, 0.4) is 0 Å². The average molecular weight is 231 g/mol. The van der Waals surface area contributed by atoms with Crippen molar-refractivity contribution < 1.29 is 0 Å². The van der Waals surface area contributed by atoms with Crippen LogP contribution in [0, 0.1) is 0 Å². The summed E-state index contributed by atoms with van der Waals surface area (Å²) < 4.78 is 0. The Morgan fingerprint density at radius 2 is 2.29 bits per heavy atom. The molecular formula is C10H12Cl2N2. The zero-order chi connectivity index (χ0) is 10.1. The van der Waals surface area contributed by atoms with E-state index in [1.165, 1.54) is 5.56 Å². The Labute approximate surface area is 93.6 Å². The minimum Gasteiger partial charge on any atom is -0.383 e. The Morgan fingerprint density at radius 3 is 3.00 bits per heavy atom. The molecule has 0 fully saturated rings. The SMILES string of the molecule is CNCC1CNc2c1ccc(Cl)c2Cl. The highest BCUT2D eigenvalue weighted by Gasteiger charge is 2.24. The van der Waals surface area contributed by atoms with E-state index in [9.17, 15) is 0 Å². The van der Waals surface area contributed by atoms with Gasteiger partial charge in [-0.15, -0.1) is 0 Å². The molecule has 1 aliphatic rings. The van der Waals surface area contributed by atoms with Gasteiger partial charge in [0, 0.05) is 19.0 Å². The Balaban J connectivity index is 2.37. The first-order chi connectivity index (χ1) is 6.74. The Kier molecular flexibility index (Phi) is 2.86. The van der Waals surface area contributed by atoms with Crippen molar-refractivity contribution in [3.8, 4) is 0 Å². The molecule has 0 spiro atoms. The van der Waals surface area contributed by atoms with Gasteiger partial charge in [0.25, 0.3) is 0 Å². The van der Waals surface area contributed by atoms with Gasteiger partial charge in [0.2, 0.25) is 0 Å². The zero-order valence-electron chi connectivity index (χ0n) is 7.90. The number of likely N-dealkylation sites (N-methyl/N-ethyl adjacent to an activating group) is 1. The molecule has 0 bridgehead atoms. The van der Waals surface area contributed by atoms with Crippen molar-refractivity contribution in [2.24, 2.45) is 0 Å². The summed E-state index contributed by atoms with van der Waals surface area (Å²) in [7, 11) is 1.95. The average Bonchev–Trinajstić information content (AvgIpc) is 2.57. The molecular weight excluding hydrogens is 219 g/mol. The second kappa shape index (κ2) is 3.97. The van der Waals surface area contributed by atoms with E-state index < -0.39 is 0 Å². The topological polar surface area (TPSA) is 24.1 Å². The summed E-state index contributed by atoms with van der Waals surface area (Å²) in [6.45, 7) is 1.88. The molecule has 1 aliphatic heterocycles. The lowest BCUT2D eigenvalue weighted by Crippen LogP contribution is -2.18. The molecule has 1 heterocycles. The number of hydrogen-bond donors (Lipinski definition) is 2. The van der Waals surface area contributed by atoms with E-state index in [1.807, 2.05) is 19.2 Å². The van der Waals surface area contributed by atoms with Crippen LogP contribution in [0.5, 0.6) is 0 Å². The minimum atomic E-state index is 0.491. The summed E-state index contributed by atoms with van der Waals surface area (Å²) in [5.74, 6) is 0.491. The number of anilines is 1. The standard InChI is InChI=1S/C10H12Cl2N2/c1-13-4-6-5-14-10-7(6)2-3-8(11)9(10)12/h2-3,6,13-14H,4-5H2,1H3. The molecule has 4 heteroatoms. The molecule has 0 aliphatic carbocycles. The maximum Gasteiger partial charge on any atom is 0.0826 e. The van der Waals surface area contributed by atoms with Crippen LogP contribution in [0.1, 0.15) is 11.5 Å². The first-order valence-electron chi connectivity index (χ1n) is 4.60. The molecule has 14 heavy (non-hydrogen) atoms. The Bertz CT molecular complexity index is 352. The number of halogens is 2. The molecule has 0 amide bonds. The van der Waals surface area contributed by atoms with Crippen LogP contribution in [-0.4, -0.2) is 20.1 Å². The minimum absolute atomic E-state index is 0.491. The molecule has 0 saturated carbocycles. The molecule has 1 unspecified atom stereocenters. The number of fused-ring (bicyclic) bond motifs is 1. The normalized spacial score (nSPS) is 19.2. The number of rotatable bonds is 2. The molecule has 2 nitrogen and oxygen atoms in total. The van der Waals surface area contributed by atoms with Crippen LogP contribution in [0.15, 0.2) is 12.1 Å². The van der Waals surface area contributed by atoms with Gasteiger partial charge in [-0.1, -0.05) is 29.3 Å². The second-order valence-corrected chi connectivity index (χ2v) is 4.25. The number of nitrogens with one attached hydrogen (secondary N) is 2. The first-order valence-corrected chi connectivity index (χ1v) is 5.36. The second-order valence-electron chi connectivity index (χ2n) is 3.46. The third-order valence-corrected chi connectivity index (χ3v) is 3.35. The van der Waals surface area contributed by atoms with Gasteiger partial charge in [0.1, 0.15) is 0 Å². The van der Waals surface area contributed by atoms with Gasteiger partial charge in [0.05, 0.1) is 15.7 Å². The first kappa shape index (κ1) is 10.1. The van der Waals surface area contributed by atoms with Crippen molar-refractivity contribution in [2.75, 3.05) is 25.5 Å². The van der Waals surface area contributed by atoms with Gasteiger partial charge in [0.15, 0.2) is 0 Å². The monoisotopic (exact) mass is 230 g/mol. The van der Waals surface area contributed by atoms with Crippen molar-refractivity contribution in [1.29, 1.82) is 0 Å². The van der Waals surface area contributed by atoms with Gasteiger partial charge in [-0.05, 0) is 18.7 Å². The largest absolute Gasteiger partial charge is 0.383 e. The molecule has 0 aromatic heterocycles. The van der Waals surface area contributed by atoms with Gasteiger partial charge in [-0.3, -0.25) is 0 Å². The fraction of sp³-hybridized carbons (Fsp3) is 0.400. The molecule has 2 N–H and O–H groups in total. The summed E-state index contributed by atoms with van der Waals surface area (Å²) >= 11 is 12.0. The van der Waals surface area contributed by atoms with Crippen molar-refractivity contribution in [3.05, 3.63) is 27.7 Å². The summed E-state index contributed by atoms with van der Waals surface area (Å²) in [4.78, 5) is 0. The highest BCUT2D eigenvalue weighted by molar-refractivity contribution is 6.43. The zero-order valence-corrected chi connectivity index (χ0v) is 9.41. The van der Waals surface area contributed by atoms with Crippen LogP contribution >= 0.6 is 23.2 Å². The highest BCUT2D eigenvalue weighted by Crippen LogP contribution is 2.40. The quantitative estimate of drug-likeness (QED) is 0.817.